The van der Waals surface area contributed by atoms with Gasteiger partial charge in [0.05, 0.1) is 17.6 Å². The molecule has 21 heavy (non-hydrogen) atoms. The molecule has 0 bridgehead atoms. The number of anilines is 2. The van der Waals surface area contributed by atoms with E-state index in [0.717, 1.165) is 16.9 Å². The highest BCUT2D eigenvalue weighted by atomic mass is 15.5. The molecule has 0 atom stereocenters. The Morgan fingerprint density at radius 2 is 1.24 bits per heavy atom. The molecule has 0 amide bonds. The second-order valence-corrected chi connectivity index (χ2v) is 4.51. The van der Waals surface area contributed by atoms with E-state index in [1.54, 1.807) is 12.4 Å². The molecule has 0 aliphatic heterocycles. The van der Waals surface area contributed by atoms with Crippen molar-refractivity contribution in [2.24, 2.45) is 5.10 Å². The van der Waals surface area contributed by atoms with Crippen LogP contribution in [-0.2, 0) is 0 Å². The molecule has 0 fully saturated rings. The van der Waals surface area contributed by atoms with Crippen LogP contribution in [0.2, 0.25) is 0 Å². The van der Waals surface area contributed by atoms with Gasteiger partial charge in [-0.1, -0.05) is 36.4 Å². The molecule has 0 N–H and O–H groups in total. The van der Waals surface area contributed by atoms with Crippen molar-refractivity contribution in [3.8, 4) is 0 Å². The normalized spacial score (nSPS) is 10.7. The molecular formula is C18H15N3. The molecule has 0 radical (unpaired) electrons. The molecule has 3 aromatic rings. The molecule has 1 heterocycles. The Kier molecular flexibility index (Phi) is 4.03. The molecule has 2 aromatic carbocycles. The highest BCUT2D eigenvalue weighted by Gasteiger charge is 2.06. The molecule has 0 spiro atoms. The van der Waals surface area contributed by atoms with Crippen molar-refractivity contribution in [3.05, 3.63) is 90.8 Å². The molecule has 3 heteroatoms. The van der Waals surface area contributed by atoms with Crippen LogP contribution in [0.1, 0.15) is 5.56 Å². The first-order chi connectivity index (χ1) is 10.4. The van der Waals surface area contributed by atoms with Crippen molar-refractivity contribution in [1.82, 2.24) is 4.98 Å². The standard InChI is InChI=1S/C18H15N3/c1-3-7-17(8-4-1)21(18-9-5-2-6-10-18)20-15-16-11-13-19-14-12-16/h1-15H/b20-15-. The van der Waals surface area contributed by atoms with Crippen LogP contribution in [0, 0.1) is 0 Å². The van der Waals surface area contributed by atoms with Crippen LogP contribution in [0.25, 0.3) is 0 Å². The maximum atomic E-state index is 4.62. The Balaban J connectivity index is 1.96. The quantitative estimate of drug-likeness (QED) is 0.525. The maximum Gasteiger partial charge on any atom is 0.0652 e. The number of rotatable bonds is 4. The highest BCUT2D eigenvalue weighted by molar-refractivity contribution is 5.81. The molecule has 0 unspecified atom stereocenters. The molecule has 3 nitrogen and oxygen atoms in total. The van der Waals surface area contributed by atoms with Crippen molar-refractivity contribution < 1.29 is 0 Å². The number of hydrazone groups is 1. The Morgan fingerprint density at radius 1 is 0.714 bits per heavy atom. The van der Waals surface area contributed by atoms with Crippen molar-refractivity contribution in [3.63, 3.8) is 0 Å². The lowest BCUT2D eigenvalue weighted by Gasteiger charge is -2.19. The number of hydrogen-bond donors (Lipinski definition) is 0. The lowest BCUT2D eigenvalue weighted by atomic mass is 10.2. The number of pyridine rings is 1. The summed E-state index contributed by atoms with van der Waals surface area (Å²) >= 11 is 0. The second kappa shape index (κ2) is 6.48. The molecule has 102 valence electrons. The van der Waals surface area contributed by atoms with E-state index < -0.39 is 0 Å². The summed E-state index contributed by atoms with van der Waals surface area (Å²) in [6.45, 7) is 0. The summed E-state index contributed by atoms with van der Waals surface area (Å²) in [4.78, 5) is 4.01. The average molecular weight is 273 g/mol. The smallest absolute Gasteiger partial charge is 0.0652 e. The van der Waals surface area contributed by atoms with Gasteiger partial charge in [0.2, 0.25) is 0 Å². The summed E-state index contributed by atoms with van der Waals surface area (Å²) in [6, 6.07) is 24.0. The van der Waals surface area contributed by atoms with Crippen LogP contribution in [0.5, 0.6) is 0 Å². The molecular weight excluding hydrogens is 258 g/mol. The van der Waals surface area contributed by atoms with E-state index in [2.05, 4.69) is 10.1 Å². The van der Waals surface area contributed by atoms with Crippen LogP contribution >= 0.6 is 0 Å². The van der Waals surface area contributed by atoms with Gasteiger partial charge in [0.15, 0.2) is 0 Å². The summed E-state index contributed by atoms with van der Waals surface area (Å²) < 4.78 is 0. The number of hydrogen-bond acceptors (Lipinski definition) is 3. The Morgan fingerprint density at radius 3 is 1.76 bits per heavy atom. The highest BCUT2D eigenvalue weighted by Crippen LogP contribution is 2.24. The van der Waals surface area contributed by atoms with Crippen molar-refractivity contribution >= 4 is 17.6 Å². The molecule has 0 aliphatic carbocycles. The van der Waals surface area contributed by atoms with Gasteiger partial charge in [-0.25, -0.2) is 5.01 Å². The van der Waals surface area contributed by atoms with Crippen LogP contribution in [-0.4, -0.2) is 11.2 Å². The Bertz CT molecular complexity index is 655. The van der Waals surface area contributed by atoms with E-state index in [4.69, 9.17) is 0 Å². The van der Waals surface area contributed by atoms with Gasteiger partial charge in [0.25, 0.3) is 0 Å². The van der Waals surface area contributed by atoms with Crippen molar-refractivity contribution in [2.75, 3.05) is 5.01 Å². The number of para-hydroxylation sites is 2. The van der Waals surface area contributed by atoms with Gasteiger partial charge in [-0.15, -0.1) is 0 Å². The summed E-state index contributed by atoms with van der Waals surface area (Å²) in [6.07, 6.45) is 5.36. The van der Waals surface area contributed by atoms with Crippen molar-refractivity contribution in [1.29, 1.82) is 0 Å². The fourth-order valence-corrected chi connectivity index (χ4v) is 1.99. The van der Waals surface area contributed by atoms with Crippen molar-refractivity contribution in [2.45, 2.75) is 0 Å². The molecule has 0 saturated carbocycles. The minimum Gasteiger partial charge on any atom is -0.265 e. The summed E-state index contributed by atoms with van der Waals surface area (Å²) in [5.41, 5.74) is 3.06. The van der Waals surface area contributed by atoms with Crippen LogP contribution in [0.3, 0.4) is 0 Å². The zero-order valence-corrected chi connectivity index (χ0v) is 11.5. The fourth-order valence-electron chi connectivity index (χ4n) is 1.99. The molecule has 1 aromatic heterocycles. The number of benzene rings is 2. The summed E-state index contributed by atoms with van der Waals surface area (Å²) in [7, 11) is 0. The minimum atomic E-state index is 1.02. The van der Waals surface area contributed by atoms with Gasteiger partial charge >= 0.3 is 0 Å². The van der Waals surface area contributed by atoms with E-state index in [9.17, 15) is 0 Å². The number of nitrogens with zero attached hydrogens (tertiary/aromatic N) is 3. The minimum absolute atomic E-state index is 1.02. The van der Waals surface area contributed by atoms with Crippen LogP contribution < -0.4 is 5.01 Å². The zero-order chi connectivity index (χ0) is 14.3. The monoisotopic (exact) mass is 273 g/mol. The molecule has 0 saturated heterocycles. The van der Waals surface area contributed by atoms with Gasteiger partial charge in [0, 0.05) is 12.4 Å². The van der Waals surface area contributed by atoms with Gasteiger partial charge < -0.3 is 0 Å². The fraction of sp³-hybridized carbons (Fsp3) is 0. The first-order valence-electron chi connectivity index (χ1n) is 6.78. The first kappa shape index (κ1) is 13.1. The topological polar surface area (TPSA) is 28.5 Å². The summed E-state index contributed by atoms with van der Waals surface area (Å²) in [5, 5.41) is 6.53. The average Bonchev–Trinajstić information content (AvgIpc) is 2.58. The lowest BCUT2D eigenvalue weighted by molar-refractivity contribution is 1.09. The third kappa shape index (κ3) is 3.34. The van der Waals surface area contributed by atoms with Crippen LogP contribution in [0.15, 0.2) is 90.3 Å². The molecule has 3 rings (SSSR count). The van der Waals surface area contributed by atoms with Crippen LogP contribution in [0.4, 0.5) is 11.4 Å². The van der Waals surface area contributed by atoms with Gasteiger partial charge in [0.1, 0.15) is 0 Å². The lowest BCUT2D eigenvalue weighted by Crippen LogP contribution is -2.09. The van der Waals surface area contributed by atoms with E-state index >= 15 is 0 Å². The van der Waals surface area contributed by atoms with Gasteiger partial charge in [-0.2, -0.15) is 5.10 Å². The number of aromatic nitrogens is 1. The zero-order valence-electron chi connectivity index (χ0n) is 11.5. The van der Waals surface area contributed by atoms with E-state index in [0.29, 0.717) is 0 Å². The SMILES string of the molecule is C(=N/N(c1ccccc1)c1ccccc1)/c1ccncc1. The van der Waals surface area contributed by atoms with Gasteiger partial charge in [-0.3, -0.25) is 4.98 Å². The molecule has 0 aliphatic rings. The summed E-state index contributed by atoms with van der Waals surface area (Å²) in [5.74, 6) is 0. The third-order valence-electron chi connectivity index (χ3n) is 3.03. The predicted octanol–water partition coefficient (Wildman–Crippen LogP) is 4.25. The Labute approximate surface area is 124 Å². The first-order valence-corrected chi connectivity index (χ1v) is 6.78. The van der Waals surface area contributed by atoms with E-state index in [-0.39, 0.29) is 0 Å². The Hall–Kier alpha value is -2.94. The maximum absolute atomic E-state index is 4.62. The second-order valence-electron chi connectivity index (χ2n) is 4.51. The van der Waals surface area contributed by atoms with E-state index in [1.165, 1.54) is 0 Å². The largest absolute Gasteiger partial charge is 0.265 e. The van der Waals surface area contributed by atoms with E-state index in [1.807, 2.05) is 84.0 Å². The third-order valence-corrected chi connectivity index (χ3v) is 3.03. The van der Waals surface area contributed by atoms with Gasteiger partial charge in [-0.05, 0) is 42.0 Å². The predicted molar refractivity (Wildman–Crippen MR) is 86.9 cm³/mol.